The van der Waals surface area contributed by atoms with E-state index in [9.17, 15) is 4.39 Å². The minimum atomic E-state index is -0.399. The summed E-state index contributed by atoms with van der Waals surface area (Å²) < 4.78 is 13.6. The highest BCUT2D eigenvalue weighted by molar-refractivity contribution is 14.0. The zero-order chi connectivity index (χ0) is 15.8. The lowest BCUT2D eigenvalue weighted by Gasteiger charge is -2.06. The Morgan fingerprint density at radius 1 is 1.35 bits per heavy atom. The lowest BCUT2D eigenvalue weighted by Crippen LogP contribution is -2.33. The van der Waals surface area contributed by atoms with E-state index in [0.29, 0.717) is 17.7 Å². The Labute approximate surface area is 151 Å². The lowest BCUT2D eigenvalue weighted by molar-refractivity contribution is 0.610. The number of hydrogen-bond acceptors (Lipinski definition) is 3. The van der Waals surface area contributed by atoms with Crippen molar-refractivity contribution in [3.05, 3.63) is 65.2 Å². The molecule has 0 aliphatic heterocycles. The van der Waals surface area contributed by atoms with Crippen molar-refractivity contribution >= 4 is 29.9 Å². The summed E-state index contributed by atoms with van der Waals surface area (Å²) in [6.45, 7) is 0.677. The van der Waals surface area contributed by atoms with Crippen LogP contribution >= 0.6 is 24.0 Å². The fourth-order valence-corrected chi connectivity index (χ4v) is 1.86. The van der Waals surface area contributed by atoms with Crippen molar-refractivity contribution in [2.45, 2.75) is 13.0 Å². The molecule has 1 aromatic carbocycles. The van der Waals surface area contributed by atoms with Gasteiger partial charge in [0.25, 0.3) is 0 Å². The van der Waals surface area contributed by atoms with Gasteiger partial charge in [-0.15, -0.1) is 24.0 Å². The lowest BCUT2D eigenvalue weighted by atomic mass is 10.1. The van der Waals surface area contributed by atoms with E-state index in [1.807, 2.05) is 24.3 Å². The minimum Gasteiger partial charge on any atom is -0.370 e. The number of guanidine groups is 1. The highest BCUT2D eigenvalue weighted by Crippen LogP contribution is 2.11. The first-order valence-corrected chi connectivity index (χ1v) is 6.81. The predicted octanol–water partition coefficient (Wildman–Crippen LogP) is 2.36. The molecule has 0 saturated heterocycles. The highest BCUT2D eigenvalue weighted by Gasteiger charge is 2.03. The number of aromatic nitrogens is 1. The van der Waals surface area contributed by atoms with E-state index in [2.05, 4.69) is 15.3 Å². The molecule has 0 radical (unpaired) electrons. The van der Waals surface area contributed by atoms with Crippen LogP contribution in [0, 0.1) is 17.1 Å². The molecule has 1 heterocycles. The SMILES string of the molecule is I.N#Cc1ccc(F)c(CN=C(N)NCCc2ccccn2)c1. The minimum absolute atomic E-state index is 0. The maximum absolute atomic E-state index is 13.6. The smallest absolute Gasteiger partial charge is 0.188 e. The summed E-state index contributed by atoms with van der Waals surface area (Å²) in [4.78, 5) is 8.27. The van der Waals surface area contributed by atoms with Crippen molar-refractivity contribution in [2.24, 2.45) is 10.7 Å². The third-order valence-electron chi connectivity index (χ3n) is 3.01. The molecule has 7 heteroatoms. The van der Waals surface area contributed by atoms with Gasteiger partial charge in [0, 0.05) is 30.4 Å². The van der Waals surface area contributed by atoms with E-state index < -0.39 is 5.82 Å². The molecule has 120 valence electrons. The fraction of sp³-hybridized carbons (Fsp3) is 0.188. The number of pyridine rings is 1. The Morgan fingerprint density at radius 2 is 2.17 bits per heavy atom. The van der Waals surface area contributed by atoms with E-state index in [0.717, 1.165) is 12.1 Å². The first-order valence-electron chi connectivity index (χ1n) is 6.81. The normalized spacial score (nSPS) is 10.5. The summed E-state index contributed by atoms with van der Waals surface area (Å²) >= 11 is 0. The summed E-state index contributed by atoms with van der Waals surface area (Å²) in [6.07, 6.45) is 2.45. The summed E-state index contributed by atoms with van der Waals surface area (Å²) in [7, 11) is 0. The van der Waals surface area contributed by atoms with Crippen LogP contribution in [0.15, 0.2) is 47.6 Å². The van der Waals surface area contributed by atoms with E-state index in [4.69, 9.17) is 11.0 Å². The number of benzene rings is 1. The van der Waals surface area contributed by atoms with Crippen LogP contribution in [0.2, 0.25) is 0 Å². The third-order valence-corrected chi connectivity index (χ3v) is 3.01. The zero-order valence-corrected chi connectivity index (χ0v) is 14.7. The van der Waals surface area contributed by atoms with Gasteiger partial charge in [0.1, 0.15) is 5.82 Å². The largest absolute Gasteiger partial charge is 0.370 e. The molecule has 0 aliphatic rings. The highest BCUT2D eigenvalue weighted by atomic mass is 127. The molecule has 0 atom stereocenters. The van der Waals surface area contributed by atoms with Crippen LogP contribution in [0.3, 0.4) is 0 Å². The summed E-state index contributed by atoms with van der Waals surface area (Å²) in [6, 6.07) is 11.8. The second-order valence-electron chi connectivity index (χ2n) is 4.62. The van der Waals surface area contributed by atoms with E-state index in [-0.39, 0.29) is 36.5 Å². The maximum atomic E-state index is 13.6. The van der Waals surface area contributed by atoms with Gasteiger partial charge in [-0.25, -0.2) is 9.38 Å². The number of nitrogens with zero attached hydrogens (tertiary/aromatic N) is 3. The Bertz CT molecular complexity index is 697. The van der Waals surface area contributed by atoms with Gasteiger partial charge in [-0.3, -0.25) is 4.98 Å². The first-order chi connectivity index (χ1) is 10.7. The average Bonchev–Trinajstić information content (AvgIpc) is 2.55. The first kappa shape index (κ1) is 18.8. The molecule has 0 bridgehead atoms. The van der Waals surface area contributed by atoms with Gasteiger partial charge in [-0.1, -0.05) is 6.07 Å². The molecule has 0 saturated carbocycles. The number of nitriles is 1. The zero-order valence-electron chi connectivity index (χ0n) is 12.4. The van der Waals surface area contributed by atoms with E-state index in [1.54, 1.807) is 6.20 Å². The number of halogens is 2. The Hall–Kier alpha value is -2.21. The molecule has 0 amide bonds. The van der Waals surface area contributed by atoms with Crippen LogP contribution in [-0.4, -0.2) is 17.5 Å². The number of aliphatic imine (C=N–C) groups is 1. The van der Waals surface area contributed by atoms with E-state index in [1.165, 1.54) is 18.2 Å². The molecular formula is C16H17FIN5. The molecule has 1 aromatic heterocycles. The van der Waals surface area contributed by atoms with Crippen molar-refractivity contribution in [1.29, 1.82) is 5.26 Å². The second kappa shape index (κ2) is 9.74. The molecule has 0 unspecified atom stereocenters. The van der Waals surface area contributed by atoms with Gasteiger partial charge in [0.05, 0.1) is 18.2 Å². The van der Waals surface area contributed by atoms with Gasteiger partial charge in [0.15, 0.2) is 5.96 Å². The van der Waals surface area contributed by atoms with Gasteiger partial charge >= 0.3 is 0 Å². The summed E-state index contributed by atoms with van der Waals surface area (Å²) in [5.41, 5.74) is 7.43. The van der Waals surface area contributed by atoms with Crippen molar-refractivity contribution in [3.63, 3.8) is 0 Å². The standard InChI is InChI=1S/C16H16FN5.HI/c17-15-5-4-12(10-18)9-13(15)11-22-16(19)21-8-6-14-3-1-2-7-20-14;/h1-5,7,9H,6,8,11H2,(H3,19,21,22);1H. The van der Waals surface area contributed by atoms with Crippen molar-refractivity contribution in [3.8, 4) is 6.07 Å². The molecule has 2 rings (SSSR count). The van der Waals surface area contributed by atoms with Crippen molar-refractivity contribution < 1.29 is 4.39 Å². The van der Waals surface area contributed by atoms with Gasteiger partial charge in [-0.2, -0.15) is 5.26 Å². The number of hydrogen-bond donors (Lipinski definition) is 2. The molecular weight excluding hydrogens is 408 g/mol. The average molecular weight is 425 g/mol. The number of nitrogens with two attached hydrogens (primary N) is 1. The quantitative estimate of drug-likeness (QED) is 0.438. The second-order valence-corrected chi connectivity index (χ2v) is 4.62. The maximum Gasteiger partial charge on any atom is 0.188 e. The van der Waals surface area contributed by atoms with Gasteiger partial charge in [0.2, 0.25) is 0 Å². The van der Waals surface area contributed by atoms with Gasteiger partial charge in [-0.05, 0) is 30.3 Å². The Balaban J connectivity index is 0.00000264. The monoisotopic (exact) mass is 425 g/mol. The van der Waals surface area contributed by atoms with Gasteiger partial charge < -0.3 is 11.1 Å². The molecule has 0 spiro atoms. The van der Waals surface area contributed by atoms with Crippen LogP contribution in [0.1, 0.15) is 16.8 Å². The molecule has 3 N–H and O–H groups in total. The predicted molar refractivity (Wildman–Crippen MR) is 97.8 cm³/mol. The molecule has 2 aromatic rings. The molecule has 0 aliphatic carbocycles. The van der Waals surface area contributed by atoms with Crippen LogP contribution in [0.25, 0.3) is 0 Å². The van der Waals surface area contributed by atoms with Crippen LogP contribution in [-0.2, 0) is 13.0 Å². The molecule has 5 nitrogen and oxygen atoms in total. The number of rotatable bonds is 5. The molecule has 0 fully saturated rings. The summed E-state index contributed by atoms with van der Waals surface area (Å²) in [5, 5.41) is 11.8. The van der Waals surface area contributed by atoms with Crippen molar-refractivity contribution in [2.75, 3.05) is 6.54 Å². The third kappa shape index (κ3) is 6.20. The van der Waals surface area contributed by atoms with Crippen molar-refractivity contribution in [1.82, 2.24) is 10.3 Å². The number of nitrogens with one attached hydrogen (secondary N) is 1. The Morgan fingerprint density at radius 3 is 2.87 bits per heavy atom. The topological polar surface area (TPSA) is 87.1 Å². The Kier molecular flexibility index (Phi) is 7.97. The van der Waals surface area contributed by atoms with E-state index >= 15 is 0 Å². The molecule has 23 heavy (non-hydrogen) atoms. The van der Waals surface area contributed by atoms with Crippen LogP contribution < -0.4 is 11.1 Å². The fourth-order valence-electron chi connectivity index (χ4n) is 1.86. The van der Waals surface area contributed by atoms with Crippen LogP contribution in [0.5, 0.6) is 0 Å². The van der Waals surface area contributed by atoms with Crippen LogP contribution in [0.4, 0.5) is 4.39 Å². The summed E-state index contributed by atoms with van der Waals surface area (Å²) in [5.74, 6) is -0.165.